The molecule has 1 aliphatic heterocycles. The van der Waals surface area contributed by atoms with Crippen molar-refractivity contribution < 1.29 is 19.7 Å². The molecule has 6 heteroatoms. The second-order valence-corrected chi connectivity index (χ2v) is 11.8. The molecule has 4 nitrogen and oxygen atoms in total. The Kier molecular flexibility index (Phi) is 7.48. The van der Waals surface area contributed by atoms with Gasteiger partial charge in [0.2, 0.25) is 0 Å². The monoisotopic (exact) mass is 474 g/mol. The number of thiophene rings is 1. The van der Waals surface area contributed by atoms with E-state index in [-0.39, 0.29) is 28.6 Å². The maximum atomic E-state index is 13.2. The minimum Gasteiger partial charge on any atom is -0.511 e. The van der Waals surface area contributed by atoms with Crippen molar-refractivity contribution in [3.8, 4) is 0 Å². The molecule has 2 N–H and O–H groups in total. The molecular formula is C26H34O4S2. The van der Waals surface area contributed by atoms with Crippen molar-refractivity contribution in [3.05, 3.63) is 61.9 Å². The molecule has 0 bridgehead atoms. The van der Waals surface area contributed by atoms with Gasteiger partial charge in [-0.3, -0.25) is 0 Å². The zero-order chi connectivity index (χ0) is 23.7. The third-order valence-corrected chi connectivity index (χ3v) is 8.20. The van der Waals surface area contributed by atoms with E-state index in [4.69, 9.17) is 4.74 Å². The van der Waals surface area contributed by atoms with E-state index in [1.807, 2.05) is 38.3 Å². The number of carbonyl (C=O) groups excluding carboxylic acids is 1. The smallest absolute Gasteiger partial charge is 0.349 e. The van der Waals surface area contributed by atoms with Crippen LogP contribution >= 0.6 is 23.1 Å². The lowest BCUT2D eigenvalue weighted by Crippen LogP contribution is -2.44. The van der Waals surface area contributed by atoms with Crippen molar-refractivity contribution in [3.63, 3.8) is 0 Å². The first-order valence-electron chi connectivity index (χ1n) is 11.1. The van der Waals surface area contributed by atoms with Crippen LogP contribution in [0.25, 0.3) is 0 Å². The minimum absolute atomic E-state index is 0.0309. The van der Waals surface area contributed by atoms with Crippen LogP contribution in [0, 0.1) is 12.8 Å². The highest BCUT2D eigenvalue weighted by Crippen LogP contribution is 2.45. The van der Waals surface area contributed by atoms with Gasteiger partial charge in [-0.15, -0.1) is 0 Å². The largest absolute Gasteiger partial charge is 0.511 e. The molecule has 0 spiro atoms. The number of rotatable bonds is 7. The number of aliphatic hydroxyl groups is 2. The summed E-state index contributed by atoms with van der Waals surface area (Å²) in [5.74, 6) is -0.273. The van der Waals surface area contributed by atoms with Crippen LogP contribution in [-0.4, -0.2) is 21.8 Å². The molecule has 2 heterocycles. The summed E-state index contributed by atoms with van der Waals surface area (Å²) in [6.07, 6.45) is 1.80. The zero-order valence-corrected chi connectivity index (χ0v) is 21.5. The first-order valence-corrected chi connectivity index (χ1v) is 12.8. The second kappa shape index (κ2) is 9.62. The fraction of sp³-hybridized carbons (Fsp3) is 0.500. The van der Waals surface area contributed by atoms with Crippen molar-refractivity contribution >= 4 is 29.1 Å². The van der Waals surface area contributed by atoms with Crippen LogP contribution < -0.4 is 0 Å². The number of aryl methyl sites for hydroxylation is 2. The highest BCUT2D eigenvalue weighted by atomic mass is 32.2. The average molecular weight is 475 g/mol. The molecule has 0 radical (unpaired) electrons. The lowest BCUT2D eigenvalue weighted by atomic mass is 9.80. The molecule has 2 aromatic rings. The normalized spacial score (nSPS) is 19.6. The van der Waals surface area contributed by atoms with Gasteiger partial charge in [-0.1, -0.05) is 52.4 Å². The number of hydrogen-bond donors (Lipinski definition) is 2. The molecule has 1 atom stereocenters. The van der Waals surface area contributed by atoms with Gasteiger partial charge in [-0.2, -0.15) is 11.3 Å². The van der Waals surface area contributed by atoms with E-state index in [1.54, 1.807) is 11.3 Å². The number of esters is 1. The topological polar surface area (TPSA) is 66.8 Å². The first-order chi connectivity index (χ1) is 15.0. The van der Waals surface area contributed by atoms with Crippen LogP contribution in [0.4, 0.5) is 0 Å². The SMILES string of the molecule is Cc1cc(SC2=C(O)CC(CCc3ccsc3)(C(C)C)OC2=O)c(C(C)(C)C)cc1CO. The van der Waals surface area contributed by atoms with E-state index in [2.05, 4.69) is 32.2 Å². The average Bonchev–Trinajstić information content (AvgIpc) is 3.22. The molecule has 0 fully saturated rings. The Morgan fingerprint density at radius 3 is 2.53 bits per heavy atom. The first kappa shape index (κ1) is 24.9. The maximum absolute atomic E-state index is 13.2. The van der Waals surface area contributed by atoms with Crippen molar-refractivity contribution in [2.45, 2.75) is 83.3 Å². The Balaban J connectivity index is 1.93. The minimum atomic E-state index is -0.712. The number of hydrogen-bond acceptors (Lipinski definition) is 6. The van der Waals surface area contributed by atoms with Crippen LogP contribution in [0.2, 0.25) is 0 Å². The third kappa shape index (κ3) is 5.24. The number of carbonyl (C=O) groups is 1. The summed E-state index contributed by atoms with van der Waals surface area (Å²) in [5.41, 5.74) is 3.19. The number of cyclic esters (lactones) is 1. The molecule has 1 aromatic carbocycles. The molecule has 0 amide bonds. The molecule has 0 aliphatic carbocycles. The molecule has 0 saturated carbocycles. The molecule has 3 rings (SSSR count). The molecule has 32 heavy (non-hydrogen) atoms. The molecule has 174 valence electrons. The van der Waals surface area contributed by atoms with Crippen molar-refractivity contribution in [1.82, 2.24) is 0 Å². The second-order valence-electron chi connectivity index (χ2n) is 9.98. The van der Waals surface area contributed by atoms with Gasteiger partial charge in [-0.25, -0.2) is 4.79 Å². The van der Waals surface area contributed by atoms with Crippen molar-refractivity contribution in [1.29, 1.82) is 0 Å². The van der Waals surface area contributed by atoms with Crippen molar-refractivity contribution in [2.24, 2.45) is 5.92 Å². The van der Waals surface area contributed by atoms with Crippen LogP contribution in [0.3, 0.4) is 0 Å². The summed E-state index contributed by atoms with van der Waals surface area (Å²) in [7, 11) is 0. The maximum Gasteiger partial charge on any atom is 0.349 e. The number of benzene rings is 1. The predicted molar refractivity (Wildman–Crippen MR) is 132 cm³/mol. The molecule has 1 aliphatic rings. The van der Waals surface area contributed by atoms with Gasteiger partial charge in [0.15, 0.2) is 0 Å². The Hall–Kier alpha value is -1.76. The quantitative estimate of drug-likeness (QED) is 0.438. The predicted octanol–water partition coefficient (Wildman–Crippen LogP) is 6.68. The summed E-state index contributed by atoms with van der Waals surface area (Å²) >= 11 is 2.93. The summed E-state index contributed by atoms with van der Waals surface area (Å²) in [6, 6.07) is 6.08. The Bertz CT molecular complexity index is 1000. The molecule has 1 unspecified atom stereocenters. The molecular weight excluding hydrogens is 440 g/mol. The summed E-state index contributed by atoms with van der Waals surface area (Å²) < 4.78 is 6.08. The summed E-state index contributed by atoms with van der Waals surface area (Å²) in [5, 5.41) is 24.9. The van der Waals surface area contributed by atoms with Crippen LogP contribution in [0.5, 0.6) is 0 Å². The van der Waals surface area contributed by atoms with Crippen LogP contribution in [-0.2, 0) is 28.0 Å². The van der Waals surface area contributed by atoms with Crippen LogP contribution in [0.1, 0.15) is 69.7 Å². The van der Waals surface area contributed by atoms with E-state index >= 15 is 0 Å². The lowest BCUT2D eigenvalue weighted by molar-refractivity contribution is -0.164. The number of ether oxygens (including phenoxy) is 1. The Morgan fingerprint density at radius 2 is 2.00 bits per heavy atom. The fourth-order valence-electron chi connectivity index (χ4n) is 4.07. The number of aliphatic hydroxyl groups excluding tert-OH is 2. The highest BCUT2D eigenvalue weighted by molar-refractivity contribution is 8.04. The van der Waals surface area contributed by atoms with E-state index in [1.165, 1.54) is 17.3 Å². The highest BCUT2D eigenvalue weighted by Gasteiger charge is 2.44. The van der Waals surface area contributed by atoms with Gasteiger partial charge in [-0.05, 0) is 76.2 Å². The standard InChI is InChI=1S/C26H34O4S2/c1-16(2)26(9-7-18-8-10-31-15-18)13-21(28)23(24(29)30-26)32-22-11-17(3)19(14-27)12-20(22)25(4,5)6/h8,10-12,15-16,27-28H,7,9,13-14H2,1-6H3. The van der Waals surface area contributed by atoms with E-state index in [0.717, 1.165) is 28.0 Å². The third-order valence-electron chi connectivity index (χ3n) is 6.31. The van der Waals surface area contributed by atoms with Gasteiger partial charge in [0.25, 0.3) is 0 Å². The van der Waals surface area contributed by atoms with Gasteiger partial charge < -0.3 is 14.9 Å². The van der Waals surface area contributed by atoms with Crippen molar-refractivity contribution in [2.75, 3.05) is 0 Å². The zero-order valence-electron chi connectivity index (χ0n) is 19.8. The molecule has 1 aromatic heterocycles. The molecule has 0 saturated heterocycles. The fourth-order valence-corrected chi connectivity index (χ4v) is 6.02. The Morgan fingerprint density at radius 1 is 1.28 bits per heavy atom. The van der Waals surface area contributed by atoms with Gasteiger partial charge in [0, 0.05) is 11.3 Å². The Labute approximate surface area is 199 Å². The van der Waals surface area contributed by atoms with Crippen LogP contribution in [0.15, 0.2) is 44.5 Å². The van der Waals surface area contributed by atoms with Gasteiger partial charge in [0.1, 0.15) is 16.3 Å². The summed E-state index contributed by atoms with van der Waals surface area (Å²) in [6.45, 7) is 12.3. The number of thioether (sulfide) groups is 1. The lowest BCUT2D eigenvalue weighted by Gasteiger charge is -2.40. The summed E-state index contributed by atoms with van der Waals surface area (Å²) in [4.78, 5) is 14.3. The van der Waals surface area contributed by atoms with E-state index in [0.29, 0.717) is 12.8 Å². The van der Waals surface area contributed by atoms with Gasteiger partial charge >= 0.3 is 5.97 Å². The van der Waals surface area contributed by atoms with E-state index in [9.17, 15) is 15.0 Å². The van der Waals surface area contributed by atoms with E-state index < -0.39 is 11.6 Å². The van der Waals surface area contributed by atoms with Gasteiger partial charge in [0.05, 0.1) is 6.61 Å².